The Morgan fingerprint density at radius 1 is 1.05 bits per heavy atom. The minimum atomic E-state index is -0.386. The van der Waals surface area contributed by atoms with Gasteiger partial charge in [0.2, 0.25) is 0 Å². The van der Waals surface area contributed by atoms with E-state index in [1.807, 2.05) is 35.2 Å². The van der Waals surface area contributed by atoms with Crippen molar-refractivity contribution in [3.63, 3.8) is 0 Å². The van der Waals surface area contributed by atoms with E-state index >= 15 is 0 Å². The van der Waals surface area contributed by atoms with Crippen LogP contribution in [0, 0.1) is 0 Å². The van der Waals surface area contributed by atoms with E-state index in [0.717, 1.165) is 0 Å². The lowest BCUT2D eigenvalue weighted by Crippen LogP contribution is -2.59. The van der Waals surface area contributed by atoms with Crippen molar-refractivity contribution in [2.45, 2.75) is 18.4 Å². The summed E-state index contributed by atoms with van der Waals surface area (Å²) in [7, 11) is 0. The molecule has 0 saturated carbocycles. The van der Waals surface area contributed by atoms with Crippen molar-refractivity contribution in [2.24, 2.45) is 5.73 Å². The maximum absolute atomic E-state index is 12.6. The smallest absolute Gasteiger partial charge is 0.314 e. The van der Waals surface area contributed by atoms with Crippen LogP contribution in [0.1, 0.15) is 23.2 Å². The zero-order valence-electron chi connectivity index (χ0n) is 12.5. The van der Waals surface area contributed by atoms with Crippen molar-refractivity contribution in [1.29, 1.82) is 0 Å². The summed E-state index contributed by atoms with van der Waals surface area (Å²) in [5, 5.41) is 0. The van der Waals surface area contributed by atoms with Gasteiger partial charge in [-0.15, -0.1) is 0 Å². The predicted molar refractivity (Wildman–Crippen MR) is 81.4 cm³/mol. The number of nitrogens with two attached hydrogens (primary N) is 1. The van der Waals surface area contributed by atoms with Gasteiger partial charge in [-0.3, -0.25) is 4.79 Å². The molecule has 2 fully saturated rings. The third-order valence-corrected chi connectivity index (χ3v) is 4.54. The summed E-state index contributed by atoms with van der Waals surface area (Å²) in [6.07, 6.45) is 1.43. The largest absolute Gasteiger partial charge is 0.371 e. The van der Waals surface area contributed by atoms with E-state index in [1.165, 1.54) is 0 Å². The summed E-state index contributed by atoms with van der Waals surface area (Å²) in [6.45, 7) is 2.89. The average molecular weight is 303 g/mol. The Morgan fingerprint density at radius 2 is 1.73 bits per heavy atom. The lowest BCUT2D eigenvalue weighted by molar-refractivity contribution is -0.123. The Labute approximate surface area is 129 Å². The second-order valence-corrected chi connectivity index (χ2v) is 5.95. The first-order valence-electron chi connectivity index (χ1n) is 7.62. The quantitative estimate of drug-likeness (QED) is 0.843. The van der Waals surface area contributed by atoms with Crippen molar-refractivity contribution >= 4 is 11.9 Å². The van der Waals surface area contributed by atoms with Crippen LogP contribution in [0.5, 0.6) is 0 Å². The molecule has 0 aromatic heterocycles. The molecule has 3 rings (SSSR count). The van der Waals surface area contributed by atoms with Gasteiger partial charge in [0.05, 0.1) is 18.8 Å². The lowest BCUT2D eigenvalue weighted by atomic mass is 9.89. The molecule has 2 aliphatic rings. The maximum Gasteiger partial charge on any atom is 0.314 e. The first-order chi connectivity index (χ1) is 10.6. The van der Waals surface area contributed by atoms with Crippen molar-refractivity contribution in [1.82, 2.24) is 9.80 Å². The monoisotopic (exact) mass is 303 g/mol. The highest BCUT2D eigenvalue weighted by molar-refractivity contribution is 5.94. The zero-order chi connectivity index (χ0) is 15.6. The van der Waals surface area contributed by atoms with Crippen LogP contribution in [0.15, 0.2) is 30.3 Å². The number of amides is 3. The standard InChI is InChI=1S/C16H21N3O3/c17-15(21)18-8-6-16(7-9-18)12-19(10-11-22-16)14(20)13-4-2-1-3-5-13/h1-5H,6-12H2,(H2,17,21). The molecule has 6 heteroatoms. The topological polar surface area (TPSA) is 75.9 Å². The van der Waals surface area contributed by atoms with Gasteiger partial charge in [0.25, 0.3) is 5.91 Å². The van der Waals surface area contributed by atoms with E-state index in [9.17, 15) is 9.59 Å². The Bertz CT molecular complexity index is 553. The summed E-state index contributed by atoms with van der Waals surface area (Å²) in [4.78, 5) is 27.3. The lowest BCUT2D eigenvalue weighted by Gasteiger charge is -2.47. The number of rotatable bonds is 1. The molecule has 2 N–H and O–H groups in total. The Hall–Kier alpha value is -2.08. The van der Waals surface area contributed by atoms with Crippen LogP contribution in [0.4, 0.5) is 4.79 Å². The third kappa shape index (κ3) is 2.92. The molecule has 1 spiro atoms. The summed E-state index contributed by atoms with van der Waals surface area (Å²) in [5.41, 5.74) is 5.68. The summed E-state index contributed by atoms with van der Waals surface area (Å²) in [6, 6.07) is 8.92. The molecule has 3 amide bonds. The number of hydrogen-bond acceptors (Lipinski definition) is 3. The summed E-state index contributed by atoms with van der Waals surface area (Å²) in [5.74, 6) is 0.0422. The Kier molecular flexibility index (Phi) is 4.02. The number of hydrogen-bond donors (Lipinski definition) is 1. The molecule has 2 aliphatic heterocycles. The van der Waals surface area contributed by atoms with Crippen LogP contribution in [-0.4, -0.2) is 60.1 Å². The van der Waals surface area contributed by atoms with Gasteiger partial charge in [-0.25, -0.2) is 4.79 Å². The van der Waals surface area contributed by atoms with Crippen LogP contribution in [0.3, 0.4) is 0 Å². The normalized spacial score (nSPS) is 20.9. The van der Waals surface area contributed by atoms with Crippen molar-refractivity contribution in [3.8, 4) is 0 Å². The van der Waals surface area contributed by atoms with E-state index in [-0.39, 0.29) is 17.5 Å². The van der Waals surface area contributed by atoms with Gasteiger partial charge < -0.3 is 20.3 Å². The van der Waals surface area contributed by atoms with Gasteiger partial charge >= 0.3 is 6.03 Å². The molecular formula is C16H21N3O3. The molecule has 0 atom stereocenters. The summed E-state index contributed by atoms with van der Waals surface area (Å²) < 4.78 is 5.98. The number of piperidine rings is 1. The van der Waals surface area contributed by atoms with Gasteiger partial charge in [0.15, 0.2) is 0 Å². The van der Waals surface area contributed by atoms with Crippen LogP contribution in [0.25, 0.3) is 0 Å². The number of carbonyl (C=O) groups is 2. The minimum Gasteiger partial charge on any atom is -0.371 e. The molecule has 118 valence electrons. The van der Waals surface area contributed by atoms with Gasteiger partial charge in [0, 0.05) is 25.2 Å². The van der Waals surface area contributed by atoms with Gasteiger partial charge in [-0.2, -0.15) is 0 Å². The van der Waals surface area contributed by atoms with E-state index in [2.05, 4.69) is 0 Å². The van der Waals surface area contributed by atoms with Crippen LogP contribution in [-0.2, 0) is 4.74 Å². The fourth-order valence-corrected chi connectivity index (χ4v) is 3.22. The van der Waals surface area contributed by atoms with Crippen molar-refractivity contribution < 1.29 is 14.3 Å². The number of nitrogens with zero attached hydrogens (tertiary/aromatic N) is 2. The second kappa shape index (κ2) is 5.96. The molecule has 0 bridgehead atoms. The van der Waals surface area contributed by atoms with E-state index in [4.69, 9.17) is 10.5 Å². The van der Waals surface area contributed by atoms with Gasteiger partial charge in [-0.1, -0.05) is 18.2 Å². The highest BCUT2D eigenvalue weighted by Crippen LogP contribution is 2.30. The molecule has 6 nitrogen and oxygen atoms in total. The molecule has 0 radical (unpaired) electrons. The Balaban J connectivity index is 1.67. The number of primary amides is 1. The molecule has 2 saturated heterocycles. The van der Waals surface area contributed by atoms with E-state index in [1.54, 1.807) is 4.90 Å². The highest BCUT2D eigenvalue weighted by atomic mass is 16.5. The maximum atomic E-state index is 12.6. The van der Waals surface area contributed by atoms with Crippen LogP contribution in [0.2, 0.25) is 0 Å². The number of urea groups is 1. The third-order valence-electron chi connectivity index (χ3n) is 4.54. The molecule has 0 unspecified atom stereocenters. The van der Waals surface area contributed by atoms with E-state index in [0.29, 0.717) is 51.2 Å². The molecule has 1 aromatic carbocycles. The first-order valence-corrected chi connectivity index (χ1v) is 7.62. The number of carbonyl (C=O) groups excluding carboxylic acids is 2. The second-order valence-electron chi connectivity index (χ2n) is 5.95. The molecule has 22 heavy (non-hydrogen) atoms. The SMILES string of the molecule is NC(=O)N1CCC2(CC1)CN(C(=O)c1ccccc1)CCO2. The van der Waals surface area contributed by atoms with Crippen molar-refractivity contribution in [2.75, 3.05) is 32.8 Å². The highest BCUT2D eigenvalue weighted by Gasteiger charge is 2.41. The van der Waals surface area contributed by atoms with Gasteiger partial charge in [-0.05, 0) is 25.0 Å². The molecular weight excluding hydrogens is 282 g/mol. The van der Waals surface area contributed by atoms with Crippen LogP contribution >= 0.6 is 0 Å². The minimum absolute atomic E-state index is 0.0422. The fraction of sp³-hybridized carbons (Fsp3) is 0.500. The number of morpholine rings is 1. The number of benzene rings is 1. The zero-order valence-corrected chi connectivity index (χ0v) is 12.5. The Morgan fingerprint density at radius 3 is 2.36 bits per heavy atom. The fourth-order valence-electron chi connectivity index (χ4n) is 3.22. The van der Waals surface area contributed by atoms with Gasteiger partial charge in [0.1, 0.15) is 0 Å². The average Bonchev–Trinajstić information content (AvgIpc) is 2.55. The molecule has 0 aliphatic carbocycles. The predicted octanol–water partition coefficient (Wildman–Crippen LogP) is 1.07. The van der Waals surface area contributed by atoms with Crippen LogP contribution < -0.4 is 5.73 Å². The van der Waals surface area contributed by atoms with Crippen molar-refractivity contribution in [3.05, 3.63) is 35.9 Å². The summed E-state index contributed by atoms with van der Waals surface area (Å²) >= 11 is 0. The molecule has 1 aromatic rings. The number of ether oxygens (including phenoxy) is 1. The number of likely N-dealkylation sites (tertiary alicyclic amines) is 1. The first kappa shape index (κ1) is 14.8. The molecule has 2 heterocycles. The van der Waals surface area contributed by atoms with E-state index < -0.39 is 0 Å².